The third-order valence-corrected chi connectivity index (χ3v) is 6.67. The van der Waals surface area contributed by atoms with Gasteiger partial charge in [0.25, 0.3) is 0 Å². The van der Waals surface area contributed by atoms with Gasteiger partial charge >= 0.3 is 5.69 Å². The van der Waals surface area contributed by atoms with Crippen molar-refractivity contribution in [1.29, 1.82) is 0 Å². The van der Waals surface area contributed by atoms with Gasteiger partial charge in [0.15, 0.2) is 0 Å². The molecule has 1 aromatic heterocycles. The minimum Gasteiger partial charge on any atom is -0.302 e. The molecule has 0 radical (unpaired) electrons. The first-order valence-electron chi connectivity index (χ1n) is 9.93. The van der Waals surface area contributed by atoms with Crippen molar-refractivity contribution in [2.75, 3.05) is 19.6 Å². The topological polar surface area (TPSA) is 43.1 Å². The van der Waals surface area contributed by atoms with Crippen LogP contribution in [-0.2, 0) is 13.0 Å². The standard InChI is InChI=1S/C22H26N4OS/c1-3-24(4-2)14-15-25-22(27)26-18-12-8-9-13-19(18)28-20(16-21(26)23-25)17-10-6-5-7-11-17/h5-13,20H,3-4,14-16H2,1-2H3. The third-order valence-electron chi connectivity index (χ3n) is 5.34. The van der Waals surface area contributed by atoms with Gasteiger partial charge in [0.1, 0.15) is 5.82 Å². The van der Waals surface area contributed by atoms with Gasteiger partial charge in [-0.05, 0) is 30.8 Å². The molecule has 0 saturated carbocycles. The number of thioether (sulfide) groups is 1. The molecule has 0 aliphatic carbocycles. The molecule has 2 heterocycles. The summed E-state index contributed by atoms with van der Waals surface area (Å²) >= 11 is 1.81. The SMILES string of the molecule is CCN(CC)CCn1nc2n(c1=O)-c1ccccc1SC(c1ccccc1)C2. The Morgan fingerprint density at radius 2 is 1.79 bits per heavy atom. The number of nitrogens with zero attached hydrogens (tertiary/aromatic N) is 4. The van der Waals surface area contributed by atoms with Crippen molar-refractivity contribution < 1.29 is 0 Å². The van der Waals surface area contributed by atoms with E-state index in [0.717, 1.165) is 42.5 Å². The van der Waals surface area contributed by atoms with Crippen molar-refractivity contribution in [3.05, 3.63) is 76.5 Å². The highest BCUT2D eigenvalue weighted by molar-refractivity contribution is 7.99. The largest absolute Gasteiger partial charge is 0.350 e. The zero-order valence-corrected chi connectivity index (χ0v) is 17.2. The van der Waals surface area contributed by atoms with E-state index in [1.807, 2.05) is 40.6 Å². The first-order chi connectivity index (χ1) is 13.7. The lowest BCUT2D eigenvalue weighted by Crippen LogP contribution is -2.32. The summed E-state index contributed by atoms with van der Waals surface area (Å²) in [6.07, 6.45) is 0.733. The van der Waals surface area contributed by atoms with Crippen LogP contribution in [0.1, 0.15) is 30.5 Å². The molecule has 28 heavy (non-hydrogen) atoms. The molecule has 6 heteroatoms. The van der Waals surface area contributed by atoms with Gasteiger partial charge in [-0.1, -0.05) is 56.3 Å². The molecule has 0 bridgehead atoms. The van der Waals surface area contributed by atoms with Gasteiger partial charge < -0.3 is 4.90 Å². The van der Waals surface area contributed by atoms with E-state index in [2.05, 4.69) is 49.1 Å². The number of fused-ring (bicyclic) bond motifs is 3. The maximum atomic E-state index is 13.2. The second-order valence-corrected chi connectivity index (χ2v) is 8.22. The molecule has 0 spiro atoms. The van der Waals surface area contributed by atoms with Gasteiger partial charge in [-0.25, -0.2) is 14.0 Å². The van der Waals surface area contributed by atoms with Crippen LogP contribution in [0.15, 0.2) is 64.3 Å². The number of likely N-dealkylation sites (N-methyl/N-ethyl adjacent to an activating group) is 1. The summed E-state index contributed by atoms with van der Waals surface area (Å²) in [5.74, 6) is 0.843. The zero-order chi connectivity index (χ0) is 19.5. The smallest absolute Gasteiger partial charge is 0.302 e. The van der Waals surface area contributed by atoms with Crippen LogP contribution in [0.2, 0.25) is 0 Å². The summed E-state index contributed by atoms with van der Waals surface area (Å²) in [4.78, 5) is 16.6. The highest BCUT2D eigenvalue weighted by Gasteiger charge is 2.27. The van der Waals surface area contributed by atoms with Crippen LogP contribution in [0.3, 0.4) is 0 Å². The zero-order valence-electron chi connectivity index (χ0n) is 16.4. The number of aromatic nitrogens is 3. The average Bonchev–Trinajstić information content (AvgIpc) is 2.94. The van der Waals surface area contributed by atoms with Crippen LogP contribution < -0.4 is 5.69 Å². The normalized spacial score (nSPS) is 15.9. The Morgan fingerprint density at radius 3 is 2.54 bits per heavy atom. The molecule has 1 aliphatic heterocycles. The molecule has 3 aromatic rings. The monoisotopic (exact) mass is 394 g/mol. The predicted octanol–water partition coefficient (Wildman–Crippen LogP) is 3.77. The number of hydrogen-bond donors (Lipinski definition) is 0. The van der Waals surface area contributed by atoms with E-state index in [4.69, 9.17) is 5.10 Å². The number of benzene rings is 2. The Kier molecular flexibility index (Phi) is 5.69. The first-order valence-corrected chi connectivity index (χ1v) is 10.8. The Morgan fingerprint density at radius 1 is 1.07 bits per heavy atom. The fourth-order valence-corrected chi connectivity index (χ4v) is 4.97. The van der Waals surface area contributed by atoms with Crippen LogP contribution in [-0.4, -0.2) is 38.9 Å². The van der Waals surface area contributed by atoms with Crippen molar-refractivity contribution >= 4 is 11.8 Å². The fraction of sp³-hybridized carbons (Fsp3) is 0.364. The highest BCUT2D eigenvalue weighted by atomic mass is 32.2. The van der Waals surface area contributed by atoms with E-state index >= 15 is 0 Å². The van der Waals surface area contributed by atoms with Crippen molar-refractivity contribution in [2.24, 2.45) is 0 Å². The molecule has 0 N–H and O–H groups in total. The number of rotatable bonds is 6. The molecular weight excluding hydrogens is 368 g/mol. The molecule has 4 rings (SSSR count). The first kappa shape index (κ1) is 19.0. The van der Waals surface area contributed by atoms with E-state index in [-0.39, 0.29) is 10.9 Å². The molecule has 1 atom stereocenters. The second-order valence-electron chi connectivity index (χ2n) is 6.97. The summed E-state index contributed by atoms with van der Waals surface area (Å²) in [5, 5.41) is 4.99. The lowest BCUT2D eigenvalue weighted by molar-refractivity contribution is 0.283. The third kappa shape index (κ3) is 3.66. The van der Waals surface area contributed by atoms with E-state index < -0.39 is 0 Å². The summed E-state index contributed by atoms with van der Waals surface area (Å²) in [6.45, 7) is 7.70. The van der Waals surface area contributed by atoms with Crippen molar-refractivity contribution in [3.63, 3.8) is 0 Å². The van der Waals surface area contributed by atoms with Crippen LogP contribution >= 0.6 is 11.8 Å². The number of para-hydroxylation sites is 1. The van der Waals surface area contributed by atoms with Gasteiger partial charge in [0.05, 0.1) is 12.2 Å². The molecule has 0 saturated heterocycles. The second kappa shape index (κ2) is 8.37. The minimum absolute atomic E-state index is 0.0380. The quantitative estimate of drug-likeness (QED) is 0.638. The predicted molar refractivity (Wildman–Crippen MR) is 114 cm³/mol. The molecule has 146 valence electrons. The Balaban J connectivity index is 1.74. The summed E-state index contributed by atoms with van der Waals surface area (Å²) in [7, 11) is 0. The van der Waals surface area contributed by atoms with Gasteiger partial charge in [-0.3, -0.25) is 0 Å². The molecule has 0 amide bonds. The van der Waals surface area contributed by atoms with E-state index in [9.17, 15) is 4.79 Å². The Bertz CT molecular complexity index is 991. The molecule has 2 aromatic carbocycles. The van der Waals surface area contributed by atoms with Gasteiger partial charge in [0.2, 0.25) is 0 Å². The maximum absolute atomic E-state index is 13.2. The molecule has 5 nitrogen and oxygen atoms in total. The molecule has 0 fully saturated rings. The highest BCUT2D eigenvalue weighted by Crippen LogP contribution is 2.42. The molecular formula is C22H26N4OS. The molecule has 1 aliphatic rings. The van der Waals surface area contributed by atoms with Crippen LogP contribution in [0.25, 0.3) is 5.69 Å². The van der Waals surface area contributed by atoms with Crippen molar-refractivity contribution in [3.8, 4) is 5.69 Å². The van der Waals surface area contributed by atoms with Gasteiger partial charge in [-0.2, -0.15) is 5.10 Å². The van der Waals surface area contributed by atoms with Crippen molar-refractivity contribution in [1.82, 2.24) is 19.2 Å². The average molecular weight is 395 g/mol. The van der Waals surface area contributed by atoms with Crippen LogP contribution in [0.4, 0.5) is 0 Å². The minimum atomic E-state index is -0.0380. The molecule has 1 unspecified atom stereocenters. The van der Waals surface area contributed by atoms with E-state index in [0.29, 0.717) is 6.54 Å². The van der Waals surface area contributed by atoms with Gasteiger partial charge in [-0.15, -0.1) is 11.8 Å². The van der Waals surface area contributed by atoms with Crippen LogP contribution in [0, 0.1) is 0 Å². The van der Waals surface area contributed by atoms with E-state index in [1.165, 1.54) is 5.56 Å². The maximum Gasteiger partial charge on any atom is 0.350 e. The van der Waals surface area contributed by atoms with E-state index in [1.54, 1.807) is 4.68 Å². The fourth-order valence-electron chi connectivity index (χ4n) is 3.70. The summed E-state index contributed by atoms with van der Waals surface area (Å²) in [6, 6.07) is 18.7. The lowest BCUT2D eigenvalue weighted by atomic mass is 10.1. The van der Waals surface area contributed by atoms with Crippen molar-refractivity contribution in [2.45, 2.75) is 37.0 Å². The van der Waals surface area contributed by atoms with Gasteiger partial charge in [0, 0.05) is 23.1 Å². The summed E-state index contributed by atoms with van der Waals surface area (Å²) < 4.78 is 3.45. The number of hydrogen-bond acceptors (Lipinski definition) is 4. The lowest BCUT2D eigenvalue weighted by Gasteiger charge is -2.17. The summed E-state index contributed by atoms with van der Waals surface area (Å²) in [5.41, 5.74) is 2.17. The Labute approximate surface area is 170 Å². The van der Waals surface area contributed by atoms with Crippen LogP contribution in [0.5, 0.6) is 0 Å². The Hall–Kier alpha value is -2.31.